The average molecular weight is 419 g/mol. The summed E-state index contributed by atoms with van der Waals surface area (Å²) < 4.78 is 10.6. The van der Waals surface area contributed by atoms with Crippen molar-refractivity contribution >= 4 is 18.1 Å². The molecule has 0 fully saturated rings. The molecule has 0 saturated heterocycles. The van der Waals surface area contributed by atoms with Crippen LogP contribution in [0.4, 0.5) is 9.59 Å². The maximum atomic E-state index is 12.8. The molecule has 0 aromatic heterocycles. The Morgan fingerprint density at radius 1 is 1.03 bits per heavy atom. The van der Waals surface area contributed by atoms with Crippen LogP contribution in [0.1, 0.15) is 60.8 Å². The molecule has 10 nitrogen and oxygen atoms in total. The predicted octanol–water partition coefficient (Wildman–Crippen LogP) is 1.09. The van der Waals surface area contributed by atoms with Gasteiger partial charge in [0, 0.05) is 6.54 Å². The normalized spacial score (nSPS) is 13.9. The summed E-state index contributed by atoms with van der Waals surface area (Å²) >= 11 is 0. The van der Waals surface area contributed by atoms with E-state index >= 15 is 0 Å². The van der Waals surface area contributed by atoms with Crippen molar-refractivity contribution < 1.29 is 29.0 Å². The van der Waals surface area contributed by atoms with Gasteiger partial charge >= 0.3 is 12.2 Å². The molecule has 0 aliphatic rings. The van der Waals surface area contributed by atoms with E-state index in [1.807, 2.05) is 0 Å². The Balaban J connectivity index is 5.38. The van der Waals surface area contributed by atoms with Gasteiger partial charge in [-0.2, -0.15) is 0 Å². The van der Waals surface area contributed by atoms with Crippen LogP contribution in [0.15, 0.2) is 0 Å². The number of nitrogens with zero attached hydrogens (tertiary/aromatic N) is 1. The van der Waals surface area contributed by atoms with Crippen LogP contribution in [0.5, 0.6) is 0 Å². The third-order valence-electron chi connectivity index (χ3n) is 3.70. The summed E-state index contributed by atoms with van der Waals surface area (Å²) in [6.07, 6.45) is -0.522. The first-order valence-corrected chi connectivity index (χ1v) is 9.80. The van der Waals surface area contributed by atoms with Crippen molar-refractivity contribution in [1.29, 1.82) is 0 Å². The molecule has 10 heteroatoms. The standard InChI is InChI=1S/C19H38N4O6/c1-18(2,3)28-16(26)22-11-9-13(12-24)23(17(27)29-19(4,5)6)14(15(21)25)8-7-10-20/h13-14,24H,7-12,20H2,1-6H3,(H2,21,25)(H,22,26)/t13-,14-/m0/s1. The summed E-state index contributed by atoms with van der Waals surface area (Å²) in [5, 5.41) is 12.5. The molecule has 0 aromatic rings. The molecule has 0 aliphatic carbocycles. The Morgan fingerprint density at radius 3 is 2.00 bits per heavy atom. The van der Waals surface area contributed by atoms with Crippen molar-refractivity contribution in [3.63, 3.8) is 0 Å². The van der Waals surface area contributed by atoms with Gasteiger partial charge in [0.2, 0.25) is 5.91 Å². The minimum Gasteiger partial charge on any atom is -0.444 e. The highest BCUT2D eigenvalue weighted by Gasteiger charge is 2.36. The number of amides is 3. The van der Waals surface area contributed by atoms with Gasteiger partial charge in [-0.1, -0.05) is 0 Å². The summed E-state index contributed by atoms with van der Waals surface area (Å²) in [6, 6.07) is -1.79. The molecule has 0 aliphatic heterocycles. The van der Waals surface area contributed by atoms with Crippen LogP contribution in [-0.2, 0) is 14.3 Å². The first-order valence-electron chi connectivity index (χ1n) is 9.80. The van der Waals surface area contributed by atoms with Crippen LogP contribution in [0.2, 0.25) is 0 Å². The van der Waals surface area contributed by atoms with Gasteiger partial charge in [-0.15, -0.1) is 0 Å². The fraction of sp³-hybridized carbons (Fsp3) is 0.842. The second kappa shape index (κ2) is 11.8. The molecule has 6 N–H and O–H groups in total. The van der Waals surface area contributed by atoms with Crippen LogP contribution < -0.4 is 16.8 Å². The lowest BCUT2D eigenvalue weighted by Gasteiger charge is -2.37. The Bertz CT molecular complexity index is 542. The number of carbonyl (C=O) groups is 3. The van der Waals surface area contributed by atoms with Gasteiger partial charge in [0.1, 0.15) is 17.2 Å². The summed E-state index contributed by atoms with van der Waals surface area (Å²) in [7, 11) is 0. The fourth-order valence-electron chi connectivity index (χ4n) is 2.55. The predicted molar refractivity (Wildman–Crippen MR) is 109 cm³/mol. The summed E-state index contributed by atoms with van der Waals surface area (Å²) in [5.41, 5.74) is 9.59. The molecule has 29 heavy (non-hydrogen) atoms. The van der Waals surface area contributed by atoms with E-state index in [4.69, 9.17) is 20.9 Å². The lowest BCUT2D eigenvalue weighted by molar-refractivity contribution is -0.125. The number of ether oxygens (including phenoxy) is 2. The van der Waals surface area contributed by atoms with Gasteiger partial charge in [-0.05, 0) is 67.3 Å². The SMILES string of the molecule is CC(C)(C)OC(=O)NCC[C@@H](CO)N(C(=O)OC(C)(C)C)[C@@H](CCCN)C(N)=O. The number of nitrogens with one attached hydrogen (secondary N) is 1. The number of rotatable bonds is 10. The van der Waals surface area contributed by atoms with E-state index in [2.05, 4.69) is 5.32 Å². The Morgan fingerprint density at radius 2 is 1.59 bits per heavy atom. The fourth-order valence-corrected chi connectivity index (χ4v) is 2.55. The zero-order valence-corrected chi connectivity index (χ0v) is 18.5. The molecule has 3 amide bonds. The Hall–Kier alpha value is -2.07. The van der Waals surface area contributed by atoms with Crippen LogP contribution in [-0.4, -0.2) is 71.1 Å². The van der Waals surface area contributed by atoms with Gasteiger partial charge in [-0.3, -0.25) is 9.69 Å². The van der Waals surface area contributed by atoms with Crippen LogP contribution in [0, 0.1) is 0 Å². The maximum Gasteiger partial charge on any atom is 0.411 e. The smallest absolute Gasteiger partial charge is 0.411 e. The highest BCUT2D eigenvalue weighted by atomic mass is 16.6. The lowest BCUT2D eigenvalue weighted by Crippen LogP contribution is -2.56. The van der Waals surface area contributed by atoms with Gasteiger partial charge < -0.3 is 31.4 Å². The monoisotopic (exact) mass is 418 g/mol. The van der Waals surface area contributed by atoms with Gasteiger partial charge in [-0.25, -0.2) is 9.59 Å². The van der Waals surface area contributed by atoms with Crippen LogP contribution >= 0.6 is 0 Å². The van der Waals surface area contributed by atoms with E-state index < -0.39 is 48.0 Å². The number of carbonyl (C=O) groups excluding carboxylic acids is 3. The topological polar surface area (TPSA) is 157 Å². The molecular weight excluding hydrogens is 380 g/mol. The zero-order chi connectivity index (χ0) is 22.8. The molecule has 0 bridgehead atoms. The number of hydrogen-bond acceptors (Lipinski definition) is 7. The number of hydrogen-bond donors (Lipinski definition) is 4. The maximum absolute atomic E-state index is 12.8. The van der Waals surface area contributed by atoms with Crippen molar-refractivity contribution in [1.82, 2.24) is 10.2 Å². The number of primary amides is 1. The van der Waals surface area contributed by atoms with Crippen molar-refractivity contribution in [2.75, 3.05) is 19.7 Å². The minimum absolute atomic E-state index is 0.113. The number of nitrogens with two attached hydrogens (primary N) is 2. The first kappa shape index (κ1) is 26.9. The molecule has 0 spiro atoms. The van der Waals surface area contributed by atoms with E-state index in [1.165, 1.54) is 0 Å². The Labute approximate surface area is 173 Å². The van der Waals surface area contributed by atoms with Crippen molar-refractivity contribution in [2.24, 2.45) is 11.5 Å². The number of aliphatic hydroxyl groups excluding tert-OH is 1. The average Bonchev–Trinajstić information content (AvgIpc) is 2.52. The quantitative estimate of drug-likeness (QED) is 0.413. The molecule has 170 valence electrons. The van der Waals surface area contributed by atoms with Gasteiger partial charge in [0.05, 0.1) is 12.6 Å². The van der Waals surface area contributed by atoms with Crippen molar-refractivity contribution in [3.05, 3.63) is 0 Å². The molecule has 0 unspecified atom stereocenters. The molecule has 0 heterocycles. The summed E-state index contributed by atoms with van der Waals surface area (Å²) in [5.74, 6) is -0.720. The summed E-state index contributed by atoms with van der Waals surface area (Å²) in [4.78, 5) is 37.8. The molecule has 0 rings (SSSR count). The third-order valence-corrected chi connectivity index (χ3v) is 3.70. The van der Waals surface area contributed by atoms with Crippen molar-refractivity contribution in [3.8, 4) is 0 Å². The molecule has 0 aromatic carbocycles. The number of alkyl carbamates (subject to hydrolysis) is 1. The molecule has 0 radical (unpaired) electrons. The lowest BCUT2D eigenvalue weighted by atomic mass is 10.0. The Kier molecular flexibility index (Phi) is 11.0. The van der Waals surface area contributed by atoms with E-state index in [-0.39, 0.29) is 19.4 Å². The zero-order valence-electron chi connectivity index (χ0n) is 18.5. The van der Waals surface area contributed by atoms with Gasteiger partial charge in [0.25, 0.3) is 0 Å². The minimum atomic E-state index is -0.993. The molecular formula is C19H38N4O6. The van der Waals surface area contributed by atoms with Crippen LogP contribution in [0.25, 0.3) is 0 Å². The van der Waals surface area contributed by atoms with Crippen molar-refractivity contribution in [2.45, 2.75) is 84.1 Å². The highest BCUT2D eigenvalue weighted by molar-refractivity contribution is 5.84. The largest absolute Gasteiger partial charge is 0.444 e. The highest BCUT2D eigenvalue weighted by Crippen LogP contribution is 2.19. The molecule has 0 saturated carbocycles. The van der Waals surface area contributed by atoms with E-state index in [1.54, 1.807) is 41.5 Å². The second-order valence-electron chi connectivity index (χ2n) is 8.79. The summed E-state index contributed by atoms with van der Waals surface area (Å²) in [6.45, 7) is 10.3. The first-order chi connectivity index (χ1) is 13.2. The number of aliphatic hydroxyl groups is 1. The van der Waals surface area contributed by atoms with Gasteiger partial charge in [0.15, 0.2) is 0 Å². The van der Waals surface area contributed by atoms with E-state index in [0.717, 1.165) is 4.90 Å². The third kappa shape index (κ3) is 11.5. The second-order valence-corrected chi connectivity index (χ2v) is 8.79. The van der Waals surface area contributed by atoms with Crippen LogP contribution in [0.3, 0.4) is 0 Å². The van der Waals surface area contributed by atoms with E-state index in [9.17, 15) is 19.5 Å². The van der Waals surface area contributed by atoms with E-state index in [0.29, 0.717) is 13.0 Å². The molecule has 2 atom stereocenters.